The molecular weight excluding hydrogens is 186 g/mol. The first kappa shape index (κ1) is 12.2. The van der Waals surface area contributed by atoms with Crippen LogP contribution in [0.2, 0.25) is 0 Å². The molecule has 0 aromatic carbocycles. The van der Waals surface area contributed by atoms with Crippen LogP contribution >= 0.6 is 7.74 Å². The van der Waals surface area contributed by atoms with Gasteiger partial charge in [-0.25, -0.2) is 0 Å². The van der Waals surface area contributed by atoms with Gasteiger partial charge in [-0.2, -0.15) is 0 Å². The third-order valence-corrected chi connectivity index (χ3v) is 0.824. The van der Waals surface area contributed by atoms with Gasteiger partial charge < -0.3 is 0 Å². The monoisotopic (exact) mass is 192 g/mol. The van der Waals surface area contributed by atoms with Crippen molar-refractivity contribution in [3.05, 3.63) is 0 Å². The van der Waals surface area contributed by atoms with Crippen LogP contribution < -0.4 is 0 Å². The Kier molecular flexibility index (Phi) is 3.97. The molecule has 8 heteroatoms. The van der Waals surface area contributed by atoms with E-state index in [1.165, 1.54) is 0 Å². The second-order valence-electron chi connectivity index (χ2n) is 0.982. The van der Waals surface area contributed by atoms with Crippen molar-refractivity contribution in [1.82, 2.24) is 0 Å². The third-order valence-electron chi connectivity index (χ3n) is 0.275. The van der Waals surface area contributed by atoms with Crippen LogP contribution in [0.3, 0.4) is 0 Å². The SMILES string of the molecule is OP1(O)(O)OO1.[AlH3].[Ti]. The molecule has 1 fully saturated rings. The molecule has 0 atom stereocenters. The minimum absolute atomic E-state index is 0. The predicted molar refractivity (Wildman–Crippen MR) is 25.7 cm³/mol. The van der Waals surface area contributed by atoms with Gasteiger partial charge in [0.05, 0.1) is 0 Å². The molecule has 0 aliphatic carbocycles. The van der Waals surface area contributed by atoms with Gasteiger partial charge in [0, 0.05) is 21.7 Å². The number of rotatable bonds is 0. The van der Waals surface area contributed by atoms with Crippen LogP contribution in [0.1, 0.15) is 0 Å². The van der Waals surface area contributed by atoms with E-state index in [0.717, 1.165) is 0 Å². The average Bonchev–Trinajstić information content (AvgIpc) is 1.73. The second-order valence-corrected chi connectivity index (χ2v) is 2.95. The van der Waals surface area contributed by atoms with E-state index >= 15 is 0 Å². The van der Waals surface area contributed by atoms with E-state index in [1.807, 2.05) is 0 Å². The summed E-state index contributed by atoms with van der Waals surface area (Å²) in [7, 11) is -4.80. The van der Waals surface area contributed by atoms with Crippen LogP contribution in [-0.2, 0) is 31.1 Å². The Morgan fingerprint density at radius 2 is 1.12 bits per heavy atom. The molecule has 1 heterocycles. The summed E-state index contributed by atoms with van der Waals surface area (Å²) in [5.74, 6) is 0. The summed E-state index contributed by atoms with van der Waals surface area (Å²) in [6, 6.07) is 0. The summed E-state index contributed by atoms with van der Waals surface area (Å²) in [6.07, 6.45) is 0. The van der Waals surface area contributed by atoms with E-state index in [4.69, 9.17) is 14.7 Å². The largest absolute Gasteiger partial charge is 0.187 e. The van der Waals surface area contributed by atoms with Crippen molar-refractivity contribution in [3.8, 4) is 0 Å². The van der Waals surface area contributed by atoms with Crippen LogP contribution in [-0.4, -0.2) is 32.0 Å². The predicted octanol–water partition coefficient (Wildman–Crippen LogP) is -2.13. The van der Waals surface area contributed by atoms with E-state index in [-0.39, 0.29) is 39.1 Å². The maximum absolute atomic E-state index is 7.89. The van der Waals surface area contributed by atoms with Gasteiger partial charge in [-0.05, 0) is 0 Å². The maximum atomic E-state index is 7.89. The van der Waals surface area contributed by atoms with Crippen molar-refractivity contribution >= 4 is 25.1 Å². The molecule has 1 aliphatic rings. The van der Waals surface area contributed by atoms with Gasteiger partial charge in [0.25, 0.3) is 0 Å². The molecule has 5 nitrogen and oxygen atoms in total. The minimum atomic E-state index is -4.80. The Labute approximate surface area is 70.9 Å². The van der Waals surface area contributed by atoms with E-state index in [9.17, 15) is 0 Å². The Morgan fingerprint density at radius 1 is 1.00 bits per heavy atom. The van der Waals surface area contributed by atoms with Gasteiger partial charge in [0.15, 0.2) is 17.4 Å². The van der Waals surface area contributed by atoms with E-state index < -0.39 is 7.74 Å². The summed E-state index contributed by atoms with van der Waals surface area (Å²) in [4.78, 5) is 23.7. The third kappa shape index (κ3) is 4.36. The fourth-order valence-corrected chi connectivity index (χ4v) is 0.402. The molecule has 1 saturated heterocycles. The normalized spacial score (nSPS) is 32.1. The van der Waals surface area contributed by atoms with Gasteiger partial charge in [-0.1, -0.05) is 0 Å². The van der Waals surface area contributed by atoms with E-state index in [2.05, 4.69) is 9.35 Å². The first-order valence-corrected chi connectivity index (χ1v) is 3.06. The summed E-state index contributed by atoms with van der Waals surface area (Å²) >= 11 is 0. The zero-order valence-corrected chi connectivity index (χ0v) is 5.56. The Balaban J connectivity index is 0. The zero-order valence-electron chi connectivity index (χ0n) is 3.11. The molecule has 0 aromatic rings. The van der Waals surface area contributed by atoms with Crippen molar-refractivity contribution < 1.29 is 45.7 Å². The molecule has 3 N–H and O–H groups in total. The standard InChI is InChI=1S/Al.H3O5P.Ti.3H/c;1-6(2,3)4-5-6;;;;/h;1-3H;;;;. The average molecular weight is 192 g/mol. The van der Waals surface area contributed by atoms with Gasteiger partial charge in [-0.3, -0.25) is 0 Å². The van der Waals surface area contributed by atoms with Gasteiger partial charge in [-0.15, -0.1) is 0 Å². The topological polar surface area (TPSA) is 85.8 Å². The molecule has 0 saturated carbocycles. The molecule has 0 spiro atoms. The molecule has 0 amide bonds. The first-order valence-electron chi connectivity index (χ1n) is 1.13. The van der Waals surface area contributed by atoms with Crippen molar-refractivity contribution in [1.29, 1.82) is 0 Å². The van der Waals surface area contributed by atoms with Crippen LogP contribution in [0, 0.1) is 0 Å². The van der Waals surface area contributed by atoms with Gasteiger partial charge >= 0.3 is 31.8 Å². The van der Waals surface area contributed by atoms with Crippen LogP contribution in [0.15, 0.2) is 0 Å². The summed E-state index contributed by atoms with van der Waals surface area (Å²) in [6.45, 7) is 0. The quantitative estimate of drug-likeness (QED) is 0.176. The molecular formula is H6AlO5PTi. The van der Waals surface area contributed by atoms with Crippen LogP contribution in [0.25, 0.3) is 0 Å². The smallest absolute Gasteiger partial charge is 0 e. The van der Waals surface area contributed by atoms with E-state index in [0.29, 0.717) is 0 Å². The number of hydrogen-bond acceptors (Lipinski definition) is 5. The molecule has 0 radical (unpaired) electrons. The number of hydrogen-bond donors (Lipinski definition) is 3. The zero-order chi connectivity index (χ0) is 4.86. The van der Waals surface area contributed by atoms with Crippen molar-refractivity contribution in [2.45, 2.75) is 0 Å². The van der Waals surface area contributed by atoms with Crippen LogP contribution in [0.5, 0.6) is 0 Å². The molecule has 1 aliphatic heterocycles. The summed E-state index contributed by atoms with van der Waals surface area (Å²) in [5.41, 5.74) is 0. The fraction of sp³-hybridized carbons (Fsp3) is 0. The molecule has 48 valence electrons. The van der Waals surface area contributed by atoms with Crippen LogP contribution in [0.4, 0.5) is 0 Å². The van der Waals surface area contributed by atoms with Crippen molar-refractivity contribution in [2.75, 3.05) is 0 Å². The second kappa shape index (κ2) is 2.61. The van der Waals surface area contributed by atoms with Crippen molar-refractivity contribution in [3.63, 3.8) is 0 Å². The molecule has 1 rings (SSSR count). The summed E-state index contributed by atoms with van der Waals surface area (Å²) < 4.78 is 6.76. The molecule has 0 aromatic heterocycles. The van der Waals surface area contributed by atoms with E-state index in [1.54, 1.807) is 0 Å². The minimum Gasteiger partial charge on any atom is 0 e. The Morgan fingerprint density at radius 3 is 1.12 bits per heavy atom. The fourth-order valence-electron chi connectivity index (χ4n) is 0.0447. The first-order chi connectivity index (χ1) is 2.47. The summed E-state index contributed by atoms with van der Waals surface area (Å²) in [5, 5.41) is 0. The molecule has 0 bridgehead atoms. The Hall–Kier alpha value is 1.48. The van der Waals surface area contributed by atoms with Gasteiger partial charge in [0.2, 0.25) is 0 Å². The molecule has 0 unspecified atom stereocenters. The molecule has 8 heavy (non-hydrogen) atoms. The maximum Gasteiger partial charge on any atom is 0.187 e. The van der Waals surface area contributed by atoms with Gasteiger partial charge in [0.1, 0.15) is 0 Å². The Bertz CT molecular complexity index is 76.2. The van der Waals surface area contributed by atoms with Crippen molar-refractivity contribution in [2.24, 2.45) is 0 Å².